The summed E-state index contributed by atoms with van der Waals surface area (Å²) in [6.45, 7) is -0.521. The van der Waals surface area contributed by atoms with E-state index in [-0.39, 0.29) is 23.8 Å². The number of likely N-dealkylation sites (N-methyl/N-ethyl adjacent to an activating group) is 1. The number of anilines is 1. The van der Waals surface area contributed by atoms with Crippen LogP contribution in [0.15, 0.2) is 47.4 Å². The summed E-state index contributed by atoms with van der Waals surface area (Å²) in [6, 6.07) is 10.4. The predicted octanol–water partition coefficient (Wildman–Crippen LogP) is 0.939. The zero-order valence-corrected chi connectivity index (χ0v) is 15.3. The van der Waals surface area contributed by atoms with Gasteiger partial charge in [0.25, 0.3) is 0 Å². The molecule has 0 fully saturated rings. The minimum atomic E-state index is -3.92. The lowest BCUT2D eigenvalue weighted by atomic mass is 10.2. The van der Waals surface area contributed by atoms with Crippen LogP contribution in [-0.2, 0) is 32.6 Å². The fraction of sp³-hybridized carbons (Fsp3) is 0.222. The molecule has 0 saturated heterocycles. The van der Waals surface area contributed by atoms with E-state index in [1.54, 1.807) is 19.2 Å². The van der Waals surface area contributed by atoms with Gasteiger partial charge in [-0.25, -0.2) is 17.5 Å². The van der Waals surface area contributed by atoms with Gasteiger partial charge < -0.3 is 10.2 Å². The van der Waals surface area contributed by atoms with Gasteiger partial charge in [0.05, 0.1) is 17.9 Å². The fourth-order valence-electron chi connectivity index (χ4n) is 2.76. The molecule has 2 amide bonds. The predicted molar refractivity (Wildman–Crippen MR) is 97.0 cm³/mol. The van der Waals surface area contributed by atoms with Crippen LogP contribution in [0.1, 0.15) is 11.1 Å². The Bertz CT molecular complexity index is 1010. The summed E-state index contributed by atoms with van der Waals surface area (Å²) >= 11 is 0. The second-order valence-corrected chi connectivity index (χ2v) is 7.88. The van der Waals surface area contributed by atoms with Gasteiger partial charge in [0, 0.05) is 24.8 Å². The van der Waals surface area contributed by atoms with E-state index in [2.05, 4.69) is 10.0 Å². The van der Waals surface area contributed by atoms with E-state index in [4.69, 9.17) is 0 Å². The molecular formula is C18H18FN3O4S. The first-order valence-corrected chi connectivity index (χ1v) is 9.65. The van der Waals surface area contributed by atoms with Gasteiger partial charge in [-0.15, -0.1) is 0 Å². The van der Waals surface area contributed by atoms with Gasteiger partial charge in [-0.05, 0) is 29.8 Å². The Labute approximate surface area is 156 Å². The molecule has 2 aromatic carbocycles. The van der Waals surface area contributed by atoms with Crippen molar-refractivity contribution in [3.63, 3.8) is 0 Å². The molecule has 0 spiro atoms. The van der Waals surface area contributed by atoms with Gasteiger partial charge in [-0.2, -0.15) is 0 Å². The second kappa shape index (κ2) is 7.45. The largest absolute Gasteiger partial charge is 0.351 e. The van der Waals surface area contributed by atoms with Gasteiger partial charge in [0.1, 0.15) is 5.82 Å². The highest BCUT2D eigenvalue weighted by Crippen LogP contribution is 2.29. The molecule has 0 aromatic heterocycles. The van der Waals surface area contributed by atoms with Crippen LogP contribution >= 0.6 is 0 Å². The molecule has 0 aliphatic carbocycles. The molecule has 3 rings (SSSR count). The van der Waals surface area contributed by atoms with Gasteiger partial charge in [-0.1, -0.05) is 18.2 Å². The maximum absolute atomic E-state index is 13.5. The highest BCUT2D eigenvalue weighted by atomic mass is 32.2. The monoisotopic (exact) mass is 391 g/mol. The third kappa shape index (κ3) is 4.15. The zero-order chi connectivity index (χ0) is 19.6. The normalized spacial score (nSPS) is 13.6. The summed E-state index contributed by atoms with van der Waals surface area (Å²) in [7, 11) is -2.29. The maximum atomic E-state index is 13.5. The zero-order valence-electron chi connectivity index (χ0n) is 14.5. The topological polar surface area (TPSA) is 95.6 Å². The second-order valence-electron chi connectivity index (χ2n) is 6.11. The minimum Gasteiger partial charge on any atom is -0.351 e. The van der Waals surface area contributed by atoms with Crippen molar-refractivity contribution in [1.82, 2.24) is 10.0 Å². The van der Waals surface area contributed by atoms with Crippen molar-refractivity contribution in [2.24, 2.45) is 0 Å². The van der Waals surface area contributed by atoms with Crippen LogP contribution in [0.25, 0.3) is 0 Å². The number of fused-ring (bicyclic) bond motifs is 1. The highest BCUT2D eigenvalue weighted by molar-refractivity contribution is 7.89. The first-order valence-electron chi connectivity index (χ1n) is 8.17. The Balaban J connectivity index is 1.60. The summed E-state index contributed by atoms with van der Waals surface area (Å²) in [4.78, 5) is 25.0. The molecule has 1 aliphatic heterocycles. The summed E-state index contributed by atoms with van der Waals surface area (Å²) in [5.74, 6) is -1.14. The molecule has 0 atom stereocenters. The molecule has 0 bridgehead atoms. The number of carbonyl (C=O) groups excluding carboxylic acids is 2. The molecule has 0 saturated carbocycles. The van der Waals surface area contributed by atoms with Crippen molar-refractivity contribution in [2.45, 2.75) is 17.9 Å². The van der Waals surface area contributed by atoms with E-state index in [0.29, 0.717) is 16.8 Å². The molecule has 9 heteroatoms. The van der Waals surface area contributed by atoms with E-state index in [0.717, 1.165) is 0 Å². The van der Waals surface area contributed by atoms with Crippen molar-refractivity contribution >= 4 is 27.5 Å². The summed E-state index contributed by atoms with van der Waals surface area (Å²) in [6.07, 6.45) is 0.137. The number of hydrogen-bond acceptors (Lipinski definition) is 4. The molecule has 7 nitrogen and oxygen atoms in total. The summed E-state index contributed by atoms with van der Waals surface area (Å²) < 4.78 is 40.5. The Kier molecular flexibility index (Phi) is 5.24. The van der Waals surface area contributed by atoms with Crippen LogP contribution in [-0.4, -0.2) is 33.8 Å². The molecule has 2 N–H and O–H groups in total. The number of nitrogens with zero attached hydrogens (tertiary/aromatic N) is 1. The van der Waals surface area contributed by atoms with Crippen LogP contribution in [0.5, 0.6) is 0 Å². The van der Waals surface area contributed by atoms with Crippen molar-refractivity contribution in [3.05, 3.63) is 59.4 Å². The minimum absolute atomic E-state index is 0.0220. The number of rotatable bonds is 6. The van der Waals surface area contributed by atoms with E-state index in [1.807, 2.05) is 0 Å². The Hall–Kier alpha value is -2.78. The average Bonchev–Trinajstić information content (AvgIpc) is 2.93. The van der Waals surface area contributed by atoms with Crippen LogP contribution in [0.2, 0.25) is 0 Å². The maximum Gasteiger partial charge on any atom is 0.241 e. The number of nitrogens with one attached hydrogen (secondary N) is 2. The molecule has 1 heterocycles. The van der Waals surface area contributed by atoms with Crippen LogP contribution in [0, 0.1) is 5.82 Å². The molecule has 2 aromatic rings. The van der Waals surface area contributed by atoms with Crippen molar-refractivity contribution in [3.8, 4) is 0 Å². The lowest BCUT2D eigenvalue weighted by Gasteiger charge is -2.11. The van der Waals surface area contributed by atoms with Gasteiger partial charge in [0.2, 0.25) is 21.8 Å². The van der Waals surface area contributed by atoms with E-state index < -0.39 is 28.3 Å². The first kappa shape index (κ1) is 19.0. The molecule has 0 unspecified atom stereocenters. The fourth-order valence-corrected chi connectivity index (χ4v) is 3.79. The van der Waals surface area contributed by atoms with Crippen molar-refractivity contribution < 1.29 is 22.4 Å². The van der Waals surface area contributed by atoms with Gasteiger partial charge in [-0.3, -0.25) is 9.59 Å². The third-order valence-electron chi connectivity index (χ3n) is 4.29. The molecule has 1 aliphatic rings. The van der Waals surface area contributed by atoms with Crippen molar-refractivity contribution in [1.29, 1.82) is 0 Å². The van der Waals surface area contributed by atoms with E-state index >= 15 is 0 Å². The quantitative estimate of drug-likeness (QED) is 0.766. The lowest BCUT2D eigenvalue weighted by Crippen LogP contribution is -2.36. The van der Waals surface area contributed by atoms with Crippen LogP contribution in [0.3, 0.4) is 0 Å². The number of halogens is 1. The van der Waals surface area contributed by atoms with Gasteiger partial charge >= 0.3 is 0 Å². The number of amides is 2. The number of carbonyl (C=O) groups is 2. The van der Waals surface area contributed by atoms with Crippen molar-refractivity contribution in [2.75, 3.05) is 18.5 Å². The highest BCUT2D eigenvalue weighted by Gasteiger charge is 2.26. The standard InChI is InChI=1S/C18H18FN3O4S/c1-22-16-7-6-14(8-13(16)9-18(22)24)27(25,26)21-11-17(23)20-10-12-4-2-3-5-15(12)19/h2-8,21H,9-11H2,1H3,(H,20,23). The number of sulfonamides is 1. The number of hydrogen-bond donors (Lipinski definition) is 2. The Morgan fingerprint density at radius 1 is 1.22 bits per heavy atom. The van der Waals surface area contributed by atoms with Crippen LogP contribution in [0.4, 0.5) is 10.1 Å². The van der Waals surface area contributed by atoms with E-state index in [9.17, 15) is 22.4 Å². The van der Waals surface area contributed by atoms with E-state index in [1.165, 1.54) is 35.2 Å². The molecule has 27 heavy (non-hydrogen) atoms. The lowest BCUT2D eigenvalue weighted by molar-refractivity contribution is -0.120. The smallest absolute Gasteiger partial charge is 0.241 e. The third-order valence-corrected chi connectivity index (χ3v) is 5.69. The van der Waals surface area contributed by atoms with Gasteiger partial charge in [0.15, 0.2) is 0 Å². The SMILES string of the molecule is CN1C(=O)Cc2cc(S(=O)(=O)NCC(=O)NCc3ccccc3F)ccc21. The average molecular weight is 391 g/mol. The Morgan fingerprint density at radius 3 is 2.70 bits per heavy atom. The molecule has 142 valence electrons. The number of benzene rings is 2. The molecular weight excluding hydrogens is 373 g/mol. The first-order chi connectivity index (χ1) is 12.8. The summed E-state index contributed by atoms with van der Waals surface area (Å²) in [5, 5.41) is 2.46. The van der Waals surface area contributed by atoms with Crippen LogP contribution < -0.4 is 14.9 Å². The molecule has 0 radical (unpaired) electrons. The summed E-state index contributed by atoms with van der Waals surface area (Å²) in [5.41, 5.74) is 1.59. The Morgan fingerprint density at radius 2 is 1.96 bits per heavy atom.